The van der Waals surface area contributed by atoms with Gasteiger partial charge in [-0.25, -0.2) is 0 Å². The molecule has 3 aromatic carbocycles. The van der Waals surface area contributed by atoms with E-state index in [2.05, 4.69) is 5.32 Å². The fourth-order valence-corrected chi connectivity index (χ4v) is 2.80. The first-order chi connectivity index (χ1) is 14.6. The van der Waals surface area contributed by atoms with Crippen LogP contribution in [0.4, 0.5) is 5.69 Å². The molecule has 3 aromatic rings. The lowest BCUT2D eigenvalue weighted by atomic mass is 10.1. The molecule has 0 radical (unpaired) electrons. The third-order valence-corrected chi connectivity index (χ3v) is 4.30. The van der Waals surface area contributed by atoms with Gasteiger partial charge < -0.3 is 20.5 Å². The van der Waals surface area contributed by atoms with Crippen molar-refractivity contribution in [2.75, 3.05) is 12.4 Å². The number of nitrogens with two attached hydrogens (primary N) is 1. The van der Waals surface area contributed by atoms with Crippen molar-refractivity contribution in [3.05, 3.63) is 95.6 Å². The number of ether oxygens (including phenoxy) is 2. The Morgan fingerprint density at radius 2 is 1.70 bits per heavy atom. The highest BCUT2D eigenvalue weighted by molar-refractivity contribution is 6.07. The Morgan fingerprint density at radius 1 is 0.967 bits per heavy atom. The van der Waals surface area contributed by atoms with Crippen molar-refractivity contribution in [3.63, 3.8) is 0 Å². The molecule has 6 heteroatoms. The summed E-state index contributed by atoms with van der Waals surface area (Å²) in [7, 11) is 1.56. The Balaban J connectivity index is 1.67. The molecular weight excluding hydrogens is 380 g/mol. The number of primary amides is 1. The van der Waals surface area contributed by atoms with Crippen molar-refractivity contribution in [2.45, 2.75) is 6.61 Å². The third-order valence-electron chi connectivity index (χ3n) is 4.30. The van der Waals surface area contributed by atoms with Gasteiger partial charge in [0, 0.05) is 6.08 Å². The lowest BCUT2D eigenvalue weighted by molar-refractivity contribution is -0.111. The predicted molar refractivity (Wildman–Crippen MR) is 116 cm³/mol. The van der Waals surface area contributed by atoms with E-state index >= 15 is 0 Å². The number of carbonyl (C=O) groups is 2. The van der Waals surface area contributed by atoms with E-state index in [9.17, 15) is 9.59 Å². The van der Waals surface area contributed by atoms with Crippen LogP contribution in [0.15, 0.2) is 78.9 Å². The molecule has 0 atom stereocenters. The highest BCUT2D eigenvalue weighted by Gasteiger charge is 2.09. The van der Waals surface area contributed by atoms with Crippen molar-refractivity contribution < 1.29 is 19.1 Å². The second-order valence-electron chi connectivity index (χ2n) is 6.42. The average Bonchev–Trinajstić information content (AvgIpc) is 2.77. The van der Waals surface area contributed by atoms with E-state index in [-0.39, 0.29) is 11.5 Å². The van der Waals surface area contributed by atoms with Gasteiger partial charge in [0.1, 0.15) is 6.61 Å². The molecule has 3 rings (SSSR count). The monoisotopic (exact) mass is 402 g/mol. The fourth-order valence-electron chi connectivity index (χ4n) is 2.80. The summed E-state index contributed by atoms with van der Waals surface area (Å²) in [5.74, 6) is 0.184. The Labute approximate surface area is 174 Å². The minimum absolute atomic E-state index is 0.251. The van der Waals surface area contributed by atoms with Gasteiger partial charge in [0.25, 0.3) is 5.91 Å². The topological polar surface area (TPSA) is 90.6 Å². The lowest BCUT2D eigenvalue weighted by Crippen LogP contribution is -2.16. The number of amides is 2. The van der Waals surface area contributed by atoms with Crippen LogP contribution in [0.25, 0.3) is 6.08 Å². The normalized spacial score (nSPS) is 10.6. The molecule has 2 amide bonds. The molecule has 0 unspecified atom stereocenters. The maximum atomic E-state index is 12.2. The second kappa shape index (κ2) is 9.93. The van der Waals surface area contributed by atoms with Gasteiger partial charge in [-0.05, 0) is 41.5 Å². The largest absolute Gasteiger partial charge is 0.493 e. The average molecular weight is 402 g/mol. The first-order valence-electron chi connectivity index (χ1n) is 9.29. The quantitative estimate of drug-likeness (QED) is 0.557. The molecule has 0 spiro atoms. The van der Waals surface area contributed by atoms with Crippen LogP contribution in [-0.2, 0) is 11.4 Å². The summed E-state index contributed by atoms with van der Waals surface area (Å²) in [6, 6.07) is 21.8. The van der Waals surface area contributed by atoms with Gasteiger partial charge in [-0.2, -0.15) is 0 Å². The van der Waals surface area contributed by atoms with Crippen molar-refractivity contribution in [1.82, 2.24) is 0 Å². The summed E-state index contributed by atoms with van der Waals surface area (Å²) in [5, 5.41) is 2.66. The van der Waals surface area contributed by atoms with Gasteiger partial charge in [0.15, 0.2) is 11.5 Å². The molecule has 0 fully saturated rings. The van der Waals surface area contributed by atoms with E-state index in [0.29, 0.717) is 23.8 Å². The van der Waals surface area contributed by atoms with E-state index in [1.54, 1.807) is 49.6 Å². The van der Waals surface area contributed by atoms with Gasteiger partial charge in [0.2, 0.25) is 5.91 Å². The number of carbonyl (C=O) groups excluding carboxylic acids is 2. The van der Waals surface area contributed by atoms with Crippen molar-refractivity contribution >= 4 is 23.6 Å². The zero-order chi connectivity index (χ0) is 21.3. The molecule has 0 aromatic heterocycles. The van der Waals surface area contributed by atoms with Crippen LogP contribution >= 0.6 is 0 Å². The zero-order valence-corrected chi connectivity index (χ0v) is 16.5. The van der Waals surface area contributed by atoms with Gasteiger partial charge >= 0.3 is 0 Å². The van der Waals surface area contributed by atoms with Crippen molar-refractivity contribution in [2.24, 2.45) is 5.73 Å². The van der Waals surface area contributed by atoms with Gasteiger partial charge in [-0.15, -0.1) is 0 Å². The maximum Gasteiger partial charge on any atom is 0.250 e. The van der Waals surface area contributed by atoms with Crippen LogP contribution in [0, 0.1) is 0 Å². The van der Waals surface area contributed by atoms with Crippen molar-refractivity contribution in [1.29, 1.82) is 0 Å². The molecule has 0 saturated heterocycles. The van der Waals surface area contributed by atoms with E-state index < -0.39 is 5.91 Å². The second-order valence-corrected chi connectivity index (χ2v) is 6.42. The van der Waals surface area contributed by atoms with Gasteiger partial charge in [-0.1, -0.05) is 48.5 Å². The Bertz CT molecular complexity index is 1060. The van der Waals surface area contributed by atoms with Crippen LogP contribution < -0.4 is 20.5 Å². The third kappa shape index (κ3) is 5.48. The minimum Gasteiger partial charge on any atom is -0.493 e. The minimum atomic E-state index is -0.606. The first kappa shape index (κ1) is 20.7. The Kier molecular flexibility index (Phi) is 6.84. The van der Waals surface area contributed by atoms with Crippen molar-refractivity contribution in [3.8, 4) is 11.5 Å². The van der Waals surface area contributed by atoms with Crippen LogP contribution in [0.5, 0.6) is 11.5 Å². The predicted octanol–water partition coefficient (Wildman–Crippen LogP) is 4.03. The smallest absolute Gasteiger partial charge is 0.250 e. The van der Waals surface area contributed by atoms with Crippen LogP contribution in [0.3, 0.4) is 0 Å². The summed E-state index contributed by atoms with van der Waals surface area (Å²) >= 11 is 0. The molecule has 0 aliphatic heterocycles. The molecule has 0 aliphatic rings. The molecular formula is C24H22N2O4. The lowest BCUT2D eigenvalue weighted by Gasteiger charge is -2.11. The summed E-state index contributed by atoms with van der Waals surface area (Å²) in [6.07, 6.45) is 3.02. The number of hydrogen-bond donors (Lipinski definition) is 2. The molecule has 30 heavy (non-hydrogen) atoms. The number of nitrogens with one attached hydrogen (secondary N) is 1. The molecule has 0 bridgehead atoms. The Morgan fingerprint density at radius 3 is 2.43 bits per heavy atom. The fraction of sp³-hybridized carbons (Fsp3) is 0.0833. The van der Waals surface area contributed by atoms with E-state index in [1.807, 2.05) is 36.4 Å². The zero-order valence-electron chi connectivity index (χ0n) is 16.5. The highest BCUT2D eigenvalue weighted by Crippen LogP contribution is 2.29. The number of anilines is 1. The molecule has 0 aliphatic carbocycles. The Hall–Kier alpha value is -4.06. The highest BCUT2D eigenvalue weighted by atomic mass is 16.5. The summed E-state index contributed by atoms with van der Waals surface area (Å²) in [4.78, 5) is 23.7. The number of methoxy groups -OCH3 is 1. The van der Waals surface area contributed by atoms with Gasteiger partial charge in [-0.3, -0.25) is 9.59 Å². The first-order valence-corrected chi connectivity index (χ1v) is 9.29. The van der Waals surface area contributed by atoms with Crippen LogP contribution in [-0.4, -0.2) is 18.9 Å². The van der Waals surface area contributed by atoms with E-state index in [4.69, 9.17) is 15.2 Å². The summed E-state index contributed by atoms with van der Waals surface area (Å²) in [5.41, 5.74) is 7.76. The number of para-hydroxylation sites is 1. The summed E-state index contributed by atoms with van der Waals surface area (Å²) < 4.78 is 11.2. The molecule has 0 saturated carbocycles. The summed E-state index contributed by atoms with van der Waals surface area (Å²) in [6.45, 7) is 0.425. The van der Waals surface area contributed by atoms with E-state index in [1.165, 1.54) is 6.08 Å². The maximum absolute atomic E-state index is 12.2. The van der Waals surface area contributed by atoms with Crippen LogP contribution in [0.1, 0.15) is 21.5 Å². The molecule has 3 N–H and O–H groups in total. The molecule has 6 nitrogen and oxygen atoms in total. The van der Waals surface area contributed by atoms with E-state index in [0.717, 1.165) is 11.1 Å². The van der Waals surface area contributed by atoms with Gasteiger partial charge in [0.05, 0.1) is 18.4 Å². The standard InChI is InChI=1S/C24H22N2O4/c1-29-22-15-17(11-13-21(22)30-16-18-7-3-2-4-8-18)12-14-23(27)26-20-10-6-5-9-19(20)24(25)28/h2-15H,16H2,1H3,(H2,25,28)(H,26,27). The SMILES string of the molecule is COc1cc(C=CC(=O)Nc2ccccc2C(N)=O)ccc1OCc1ccccc1. The molecule has 0 heterocycles. The number of rotatable bonds is 8. The number of hydrogen-bond acceptors (Lipinski definition) is 4. The van der Waals surface area contributed by atoms with Crippen LogP contribution in [0.2, 0.25) is 0 Å². The number of benzene rings is 3. The molecule has 152 valence electrons.